The van der Waals surface area contributed by atoms with Crippen LogP contribution in [0.15, 0.2) is 0 Å². The number of carbonyl (C=O) groups excluding carboxylic acids is 1. The molecule has 0 saturated heterocycles. The minimum Gasteiger partial charge on any atom is -0.550 e. The van der Waals surface area contributed by atoms with Crippen LogP contribution in [0.2, 0.25) is 0 Å². The predicted molar refractivity (Wildman–Crippen MR) is 68.7 cm³/mol. The van der Waals surface area contributed by atoms with Crippen molar-refractivity contribution in [3.8, 4) is 0 Å². The molecule has 0 aromatic rings. The number of unbranched alkanes of at least 4 members (excludes halogenated alkanes) is 3. The summed E-state index contributed by atoms with van der Waals surface area (Å²) in [5.74, 6) is 0. The van der Waals surface area contributed by atoms with Crippen molar-refractivity contribution in [2.24, 2.45) is 0 Å². The summed E-state index contributed by atoms with van der Waals surface area (Å²) in [5.41, 5.74) is 0. The molecule has 0 radical (unpaired) electrons. The molecule has 0 aliphatic heterocycles. The van der Waals surface area contributed by atoms with E-state index in [1.807, 2.05) is 0 Å². The van der Waals surface area contributed by atoms with E-state index in [1.54, 1.807) is 0 Å². The maximum Gasteiger partial charge on any atom is 0.251 e. The van der Waals surface area contributed by atoms with Gasteiger partial charge >= 0.3 is 0 Å². The first-order valence-electron chi connectivity index (χ1n) is 6.47. The monoisotopic (exact) mass is 247 g/mol. The van der Waals surface area contributed by atoms with Gasteiger partial charge in [-0.25, -0.2) is 0 Å². The largest absolute Gasteiger partial charge is 0.550 e. The fourth-order valence-electron chi connectivity index (χ4n) is 1.36. The van der Waals surface area contributed by atoms with Gasteiger partial charge in [-0.15, -0.1) is 0 Å². The van der Waals surface area contributed by atoms with E-state index in [-0.39, 0.29) is 6.61 Å². The molecule has 0 N–H and O–H groups in total. The Bertz CT molecular complexity index is 176. The Morgan fingerprint density at radius 1 is 1.06 bits per heavy atom. The molecule has 4 heteroatoms. The molecule has 0 amide bonds. The molecule has 0 atom stereocenters. The number of carboxylic acid groups (broad SMARTS) is 1. The van der Waals surface area contributed by atoms with Crippen LogP contribution in [0.4, 0.5) is 4.79 Å². The molecule has 0 saturated carbocycles. The van der Waals surface area contributed by atoms with Crippen LogP contribution < -0.4 is 5.11 Å². The third kappa shape index (κ3) is 25.5. The Kier molecular flexibility index (Phi) is 12.8. The van der Waals surface area contributed by atoms with Crippen molar-refractivity contribution in [3.05, 3.63) is 0 Å². The fourth-order valence-corrected chi connectivity index (χ4v) is 1.36. The van der Waals surface area contributed by atoms with Gasteiger partial charge in [0.25, 0.3) is 6.16 Å². The van der Waals surface area contributed by atoms with Crippen LogP contribution in [0.3, 0.4) is 0 Å². The zero-order chi connectivity index (χ0) is 13.7. The van der Waals surface area contributed by atoms with E-state index < -0.39 is 6.16 Å². The Hall–Kier alpha value is -0.770. The average molecular weight is 247 g/mol. The summed E-state index contributed by atoms with van der Waals surface area (Å²) in [5, 5.41) is 9.70. The molecule has 0 aromatic carbocycles. The van der Waals surface area contributed by atoms with Gasteiger partial charge < -0.3 is 19.1 Å². The van der Waals surface area contributed by atoms with Crippen LogP contribution in [0.25, 0.3) is 0 Å². The molecule has 0 bridgehead atoms. The second kappa shape index (κ2) is 11.7. The number of nitrogens with zero attached hydrogens (tertiary/aromatic N) is 1. The highest BCUT2D eigenvalue weighted by molar-refractivity contribution is 5.53. The van der Waals surface area contributed by atoms with Gasteiger partial charge in [0.15, 0.2) is 0 Å². The Balaban J connectivity index is 0. The molecule has 4 nitrogen and oxygen atoms in total. The highest BCUT2D eigenvalue weighted by atomic mass is 16.7. The Morgan fingerprint density at radius 2 is 1.65 bits per heavy atom. The van der Waals surface area contributed by atoms with Gasteiger partial charge in [-0.1, -0.05) is 33.1 Å². The molecule has 0 rings (SSSR count). The van der Waals surface area contributed by atoms with E-state index in [2.05, 4.69) is 39.7 Å². The van der Waals surface area contributed by atoms with Crippen molar-refractivity contribution >= 4 is 6.16 Å². The van der Waals surface area contributed by atoms with Crippen LogP contribution >= 0.6 is 0 Å². The van der Waals surface area contributed by atoms with Crippen molar-refractivity contribution in [1.82, 2.24) is 0 Å². The lowest BCUT2D eigenvalue weighted by Gasteiger charge is -2.22. The number of hydrogen-bond acceptors (Lipinski definition) is 3. The second-order valence-corrected chi connectivity index (χ2v) is 5.17. The van der Waals surface area contributed by atoms with E-state index in [0.717, 1.165) is 30.2 Å². The molecule has 17 heavy (non-hydrogen) atoms. The molecular weight excluding hydrogens is 218 g/mol. The summed E-state index contributed by atoms with van der Waals surface area (Å²) in [6.45, 7) is 5.87. The molecular formula is C13H29NO3. The van der Waals surface area contributed by atoms with Crippen molar-refractivity contribution in [2.75, 3.05) is 34.3 Å². The first kappa shape index (κ1) is 18.6. The van der Waals surface area contributed by atoms with Gasteiger partial charge in [0.2, 0.25) is 0 Å². The van der Waals surface area contributed by atoms with E-state index in [1.165, 1.54) is 13.0 Å². The number of carbonyl (C=O) groups is 1. The number of ether oxygens (including phenoxy) is 1. The summed E-state index contributed by atoms with van der Waals surface area (Å²) in [6, 6.07) is 0. The van der Waals surface area contributed by atoms with Crippen molar-refractivity contribution in [1.29, 1.82) is 0 Å². The lowest BCUT2D eigenvalue weighted by molar-refractivity contribution is -0.870. The molecule has 0 heterocycles. The normalized spacial score (nSPS) is 10.4. The first-order chi connectivity index (χ1) is 7.83. The van der Waals surface area contributed by atoms with Crippen LogP contribution in [0, 0.1) is 0 Å². The molecule has 0 aliphatic rings. The van der Waals surface area contributed by atoms with Crippen molar-refractivity contribution in [2.45, 2.75) is 46.0 Å². The lowest BCUT2D eigenvalue weighted by atomic mass is 10.2. The van der Waals surface area contributed by atoms with Gasteiger partial charge in [0.1, 0.15) is 0 Å². The summed E-state index contributed by atoms with van der Waals surface area (Å²) in [7, 11) is 6.64. The molecule has 0 aliphatic carbocycles. The number of rotatable bonds is 7. The SMILES string of the molecule is CCCCCCOC(=O)[O-].CCC[N+](C)(C)C. The quantitative estimate of drug-likeness (QED) is 0.393. The minimum atomic E-state index is -1.42. The molecule has 0 aromatic heterocycles. The summed E-state index contributed by atoms with van der Waals surface area (Å²) < 4.78 is 5.29. The van der Waals surface area contributed by atoms with Crippen LogP contribution in [-0.2, 0) is 4.74 Å². The minimum absolute atomic E-state index is 0.280. The third-order valence-corrected chi connectivity index (χ3v) is 2.11. The van der Waals surface area contributed by atoms with E-state index >= 15 is 0 Å². The number of hydrogen-bond donors (Lipinski definition) is 0. The van der Waals surface area contributed by atoms with Gasteiger partial charge in [-0.3, -0.25) is 0 Å². The highest BCUT2D eigenvalue weighted by Crippen LogP contribution is 1.98. The van der Waals surface area contributed by atoms with E-state index in [9.17, 15) is 9.90 Å². The van der Waals surface area contributed by atoms with E-state index in [0.29, 0.717) is 0 Å². The van der Waals surface area contributed by atoms with Crippen LogP contribution in [-0.4, -0.2) is 44.9 Å². The van der Waals surface area contributed by atoms with Crippen molar-refractivity contribution in [3.63, 3.8) is 0 Å². The lowest BCUT2D eigenvalue weighted by Crippen LogP contribution is -2.34. The standard InChI is InChI=1S/C7H14O3.C6H16N/c1-2-3-4-5-6-10-7(8)9;1-5-6-7(2,3)4/h2-6H2,1H3,(H,8,9);5-6H2,1-4H3/q;+1/p-1. The number of quaternary nitrogens is 1. The second-order valence-electron chi connectivity index (χ2n) is 5.17. The zero-order valence-corrected chi connectivity index (χ0v) is 12.1. The first-order valence-corrected chi connectivity index (χ1v) is 6.47. The van der Waals surface area contributed by atoms with E-state index in [4.69, 9.17) is 0 Å². The maximum absolute atomic E-state index is 9.70. The Morgan fingerprint density at radius 3 is 1.94 bits per heavy atom. The summed E-state index contributed by atoms with van der Waals surface area (Å²) >= 11 is 0. The zero-order valence-electron chi connectivity index (χ0n) is 12.1. The highest BCUT2D eigenvalue weighted by Gasteiger charge is 2.01. The summed E-state index contributed by atoms with van der Waals surface area (Å²) in [4.78, 5) is 9.70. The molecule has 104 valence electrons. The smallest absolute Gasteiger partial charge is 0.251 e. The maximum atomic E-state index is 9.70. The average Bonchev–Trinajstić information content (AvgIpc) is 2.16. The molecule has 0 spiro atoms. The van der Waals surface area contributed by atoms with Crippen molar-refractivity contribution < 1.29 is 19.1 Å². The molecule has 0 unspecified atom stereocenters. The van der Waals surface area contributed by atoms with Crippen LogP contribution in [0.1, 0.15) is 46.0 Å². The van der Waals surface area contributed by atoms with Gasteiger partial charge in [-0.05, 0) is 12.8 Å². The topological polar surface area (TPSA) is 49.4 Å². The van der Waals surface area contributed by atoms with Gasteiger partial charge in [0, 0.05) is 6.61 Å². The van der Waals surface area contributed by atoms with Gasteiger partial charge in [0.05, 0.1) is 27.7 Å². The van der Waals surface area contributed by atoms with Crippen LogP contribution in [0.5, 0.6) is 0 Å². The Labute approximate surface area is 106 Å². The fraction of sp³-hybridized carbons (Fsp3) is 0.923. The predicted octanol–water partition coefficient (Wildman–Crippen LogP) is 2.03. The summed E-state index contributed by atoms with van der Waals surface area (Å²) in [6.07, 6.45) is 3.98. The molecule has 0 fully saturated rings. The van der Waals surface area contributed by atoms with Gasteiger partial charge in [-0.2, -0.15) is 0 Å². The third-order valence-electron chi connectivity index (χ3n) is 2.11.